The van der Waals surface area contributed by atoms with Crippen molar-refractivity contribution in [3.05, 3.63) is 11.8 Å². The molecule has 96 valence electrons. The predicted molar refractivity (Wildman–Crippen MR) is 65.9 cm³/mol. The van der Waals surface area contributed by atoms with Gasteiger partial charge in [0.2, 0.25) is 0 Å². The van der Waals surface area contributed by atoms with E-state index in [-0.39, 0.29) is 6.04 Å². The molecular formula is C10H18N4O2S. The summed E-state index contributed by atoms with van der Waals surface area (Å²) in [5.74, 6) is 0.347. The minimum atomic E-state index is -3.47. The molecule has 0 saturated carbocycles. The molecule has 1 saturated heterocycles. The van der Waals surface area contributed by atoms with Crippen LogP contribution in [0.1, 0.15) is 31.9 Å². The van der Waals surface area contributed by atoms with E-state index in [1.807, 2.05) is 13.8 Å². The van der Waals surface area contributed by atoms with Gasteiger partial charge in [-0.15, -0.1) is 0 Å². The van der Waals surface area contributed by atoms with Crippen molar-refractivity contribution in [2.45, 2.75) is 39.2 Å². The maximum Gasteiger partial charge on any atom is 0.303 e. The summed E-state index contributed by atoms with van der Waals surface area (Å²) in [6.07, 6.45) is 2.93. The zero-order valence-electron chi connectivity index (χ0n) is 10.1. The second-order valence-corrected chi connectivity index (χ2v) is 6.12. The van der Waals surface area contributed by atoms with E-state index in [2.05, 4.69) is 14.9 Å². The molecule has 0 aliphatic carbocycles. The molecule has 1 atom stereocenters. The average Bonchev–Trinajstić information content (AvgIpc) is 2.63. The van der Waals surface area contributed by atoms with Gasteiger partial charge in [-0.05, 0) is 26.7 Å². The second-order valence-electron chi connectivity index (χ2n) is 4.50. The number of piperidine rings is 1. The van der Waals surface area contributed by atoms with Crippen LogP contribution < -0.4 is 4.72 Å². The van der Waals surface area contributed by atoms with Crippen LogP contribution in [0.2, 0.25) is 0 Å². The van der Waals surface area contributed by atoms with Crippen LogP contribution in [0, 0.1) is 6.92 Å². The van der Waals surface area contributed by atoms with E-state index >= 15 is 0 Å². The molecule has 17 heavy (non-hydrogen) atoms. The zero-order valence-corrected chi connectivity index (χ0v) is 10.9. The Morgan fingerprint density at radius 2 is 2.29 bits per heavy atom. The highest BCUT2D eigenvalue weighted by atomic mass is 32.2. The number of aromatic amines is 1. The second kappa shape index (κ2) is 4.66. The summed E-state index contributed by atoms with van der Waals surface area (Å²) < 4.78 is 28.3. The van der Waals surface area contributed by atoms with Crippen molar-refractivity contribution in [2.24, 2.45) is 0 Å². The summed E-state index contributed by atoms with van der Waals surface area (Å²) in [7, 11) is -3.47. The van der Waals surface area contributed by atoms with Crippen molar-refractivity contribution >= 4 is 16.0 Å². The molecule has 1 aromatic heterocycles. The Morgan fingerprint density at radius 3 is 2.88 bits per heavy atom. The fraction of sp³-hybridized carbons (Fsp3) is 0.700. The molecule has 1 aliphatic rings. The summed E-state index contributed by atoms with van der Waals surface area (Å²) in [5.41, 5.74) is 0.828. The van der Waals surface area contributed by atoms with Gasteiger partial charge in [-0.2, -0.15) is 17.8 Å². The third kappa shape index (κ3) is 2.78. The average molecular weight is 258 g/mol. The lowest BCUT2D eigenvalue weighted by Crippen LogP contribution is -2.44. The van der Waals surface area contributed by atoms with Crippen LogP contribution in [-0.4, -0.2) is 35.5 Å². The highest BCUT2D eigenvalue weighted by molar-refractivity contribution is 7.90. The smallest absolute Gasteiger partial charge is 0.281 e. The SMILES string of the molecule is Cc1cc(NS(=O)(=O)N2CCCCC2C)n[nH]1. The van der Waals surface area contributed by atoms with Gasteiger partial charge in [-0.25, -0.2) is 0 Å². The Morgan fingerprint density at radius 1 is 1.53 bits per heavy atom. The fourth-order valence-electron chi connectivity index (χ4n) is 2.09. The molecule has 6 nitrogen and oxygen atoms in total. The van der Waals surface area contributed by atoms with Gasteiger partial charge in [0, 0.05) is 24.3 Å². The maximum absolute atomic E-state index is 12.1. The minimum absolute atomic E-state index is 0.0567. The minimum Gasteiger partial charge on any atom is -0.281 e. The number of H-pyrrole nitrogens is 1. The van der Waals surface area contributed by atoms with Crippen LogP contribution in [0.15, 0.2) is 6.07 Å². The van der Waals surface area contributed by atoms with Gasteiger partial charge in [0.1, 0.15) is 0 Å². The molecule has 1 fully saturated rings. The fourth-order valence-corrected chi connectivity index (χ4v) is 3.52. The van der Waals surface area contributed by atoms with Crippen LogP contribution in [0.3, 0.4) is 0 Å². The first-order valence-corrected chi connectivity index (χ1v) is 7.24. The molecule has 7 heteroatoms. The number of hydrogen-bond acceptors (Lipinski definition) is 3. The molecule has 2 rings (SSSR count). The van der Waals surface area contributed by atoms with Crippen LogP contribution in [-0.2, 0) is 10.2 Å². The zero-order chi connectivity index (χ0) is 12.5. The Balaban J connectivity index is 2.12. The van der Waals surface area contributed by atoms with Gasteiger partial charge in [0.25, 0.3) is 0 Å². The molecule has 0 radical (unpaired) electrons. The molecule has 0 bridgehead atoms. The number of anilines is 1. The van der Waals surface area contributed by atoms with E-state index < -0.39 is 10.2 Å². The van der Waals surface area contributed by atoms with Crippen LogP contribution >= 0.6 is 0 Å². The van der Waals surface area contributed by atoms with Gasteiger partial charge >= 0.3 is 10.2 Å². The molecule has 2 heterocycles. The Bertz CT molecular complexity index is 482. The van der Waals surface area contributed by atoms with E-state index in [1.165, 1.54) is 4.31 Å². The van der Waals surface area contributed by atoms with Gasteiger partial charge < -0.3 is 0 Å². The molecule has 1 aliphatic heterocycles. The van der Waals surface area contributed by atoms with E-state index in [1.54, 1.807) is 6.07 Å². The van der Waals surface area contributed by atoms with E-state index in [0.717, 1.165) is 25.0 Å². The summed E-state index contributed by atoms with van der Waals surface area (Å²) in [6, 6.07) is 1.73. The third-order valence-corrected chi connectivity index (χ3v) is 4.62. The Kier molecular flexibility index (Phi) is 3.39. The first kappa shape index (κ1) is 12.4. The van der Waals surface area contributed by atoms with Gasteiger partial charge in [0.15, 0.2) is 5.82 Å². The first-order valence-electron chi connectivity index (χ1n) is 5.80. The summed E-state index contributed by atoms with van der Waals surface area (Å²) >= 11 is 0. The van der Waals surface area contributed by atoms with Crippen LogP contribution in [0.5, 0.6) is 0 Å². The van der Waals surface area contributed by atoms with Crippen molar-refractivity contribution in [3.8, 4) is 0 Å². The summed E-state index contributed by atoms with van der Waals surface area (Å²) in [4.78, 5) is 0. The highest BCUT2D eigenvalue weighted by Crippen LogP contribution is 2.21. The molecule has 0 spiro atoms. The number of nitrogens with zero attached hydrogens (tertiary/aromatic N) is 2. The lowest BCUT2D eigenvalue weighted by Gasteiger charge is -2.31. The van der Waals surface area contributed by atoms with Crippen molar-refractivity contribution in [3.63, 3.8) is 0 Å². The number of nitrogens with one attached hydrogen (secondary N) is 2. The molecule has 0 amide bonds. The van der Waals surface area contributed by atoms with Crippen LogP contribution in [0.25, 0.3) is 0 Å². The van der Waals surface area contributed by atoms with Crippen molar-refractivity contribution in [1.82, 2.24) is 14.5 Å². The number of hydrogen-bond donors (Lipinski definition) is 2. The lowest BCUT2D eigenvalue weighted by molar-refractivity contribution is 0.270. The Labute approximate surface area is 102 Å². The number of aromatic nitrogens is 2. The van der Waals surface area contributed by atoms with E-state index in [9.17, 15) is 8.42 Å². The number of aryl methyl sites for hydroxylation is 1. The van der Waals surface area contributed by atoms with Gasteiger partial charge in [-0.3, -0.25) is 9.82 Å². The molecule has 1 unspecified atom stereocenters. The maximum atomic E-state index is 12.1. The third-order valence-electron chi connectivity index (χ3n) is 2.99. The molecular weight excluding hydrogens is 240 g/mol. The van der Waals surface area contributed by atoms with E-state index in [4.69, 9.17) is 0 Å². The Hall–Kier alpha value is -1.08. The van der Waals surface area contributed by atoms with Crippen molar-refractivity contribution in [1.29, 1.82) is 0 Å². The topological polar surface area (TPSA) is 78.1 Å². The number of rotatable bonds is 3. The normalized spacial score (nSPS) is 22.6. The quantitative estimate of drug-likeness (QED) is 0.856. The lowest BCUT2D eigenvalue weighted by atomic mass is 10.1. The van der Waals surface area contributed by atoms with Crippen LogP contribution in [0.4, 0.5) is 5.82 Å². The van der Waals surface area contributed by atoms with Gasteiger partial charge in [-0.1, -0.05) is 6.42 Å². The van der Waals surface area contributed by atoms with E-state index in [0.29, 0.717) is 12.4 Å². The standard InChI is InChI=1S/C10H18N4O2S/c1-8-7-10(12-11-8)13-17(15,16)14-6-4-3-5-9(14)2/h7,9H,3-6H2,1-2H3,(H2,11,12,13). The molecule has 1 aromatic rings. The molecule has 2 N–H and O–H groups in total. The highest BCUT2D eigenvalue weighted by Gasteiger charge is 2.29. The summed E-state index contributed by atoms with van der Waals surface area (Å²) in [6.45, 7) is 4.35. The summed E-state index contributed by atoms with van der Waals surface area (Å²) in [5, 5.41) is 6.59. The first-order chi connectivity index (χ1) is 7.99. The largest absolute Gasteiger partial charge is 0.303 e. The van der Waals surface area contributed by atoms with Crippen molar-refractivity contribution < 1.29 is 8.42 Å². The predicted octanol–water partition coefficient (Wildman–Crippen LogP) is 1.25. The molecule has 0 aromatic carbocycles. The van der Waals surface area contributed by atoms with Gasteiger partial charge in [0.05, 0.1) is 0 Å². The van der Waals surface area contributed by atoms with Crippen molar-refractivity contribution in [2.75, 3.05) is 11.3 Å². The monoisotopic (exact) mass is 258 g/mol.